The zero-order chi connectivity index (χ0) is 38.9. The molecule has 3 atom stereocenters. The molecular weight excluding hydrogens is 689 g/mol. The van der Waals surface area contributed by atoms with Gasteiger partial charge in [0.25, 0.3) is 0 Å². The fourth-order valence-electron chi connectivity index (χ4n) is 7.80. The van der Waals surface area contributed by atoms with Crippen LogP contribution in [0.3, 0.4) is 0 Å². The zero-order valence-corrected chi connectivity index (χ0v) is 32.8. The van der Waals surface area contributed by atoms with E-state index in [4.69, 9.17) is 14.5 Å². The highest BCUT2D eigenvalue weighted by Gasteiger charge is 2.43. The van der Waals surface area contributed by atoms with Crippen LogP contribution in [-0.4, -0.2) is 126 Å². The Balaban J connectivity index is 1.19. The van der Waals surface area contributed by atoms with Crippen LogP contribution in [0.25, 0.3) is 0 Å². The lowest BCUT2D eigenvalue weighted by atomic mass is 9.91. The van der Waals surface area contributed by atoms with Crippen LogP contribution in [0, 0.1) is 5.82 Å². The molecule has 2 fully saturated rings. The molecule has 1 aromatic carbocycles. The molecule has 290 valence electrons. The third kappa shape index (κ3) is 8.84. The number of fused-ring (bicyclic) bond motifs is 1. The van der Waals surface area contributed by atoms with Crippen LogP contribution >= 0.6 is 0 Å². The summed E-state index contributed by atoms with van der Waals surface area (Å²) in [5, 5.41) is 0. The monoisotopic (exact) mass is 743 g/mol. The Hall–Kier alpha value is -4.62. The number of hydrogen-bond donors (Lipinski definition) is 0. The van der Waals surface area contributed by atoms with Crippen molar-refractivity contribution >= 4 is 29.5 Å². The first kappa shape index (κ1) is 39.1. The second-order valence-corrected chi connectivity index (χ2v) is 16.6. The molecule has 12 nitrogen and oxygen atoms in total. The maximum atomic E-state index is 14.4. The number of nitrogens with zero attached hydrogens (tertiary/aromatic N) is 7. The molecule has 3 aliphatic heterocycles. The maximum Gasteiger partial charge on any atom is 0.410 e. The summed E-state index contributed by atoms with van der Waals surface area (Å²) in [6.07, 6.45) is 3.64. The van der Waals surface area contributed by atoms with Gasteiger partial charge in [-0.05, 0) is 82.5 Å². The van der Waals surface area contributed by atoms with E-state index < -0.39 is 11.6 Å². The average Bonchev–Trinajstić information content (AvgIpc) is 3.39. The normalized spacial score (nSPS) is 21.9. The molecule has 2 amide bonds. The largest absolute Gasteiger partial charge is 0.465 e. The number of carbonyl (C=O) groups is 3. The summed E-state index contributed by atoms with van der Waals surface area (Å²) in [6, 6.07) is 12.0. The maximum absolute atomic E-state index is 14.4. The van der Waals surface area contributed by atoms with E-state index in [1.54, 1.807) is 24.4 Å². The first-order chi connectivity index (χ1) is 25.5. The summed E-state index contributed by atoms with van der Waals surface area (Å²) < 4.78 is 24.2. The summed E-state index contributed by atoms with van der Waals surface area (Å²) in [5.41, 5.74) is 3.08. The number of carbonyl (C=O) groups excluding carboxylic acids is 3. The van der Waals surface area contributed by atoms with E-state index in [2.05, 4.69) is 46.5 Å². The lowest BCUT2D eigenvalue weighted by molar-refractivity contribution is -0.121. The number of rotatable bonds is 8. The molecule has 5 heterocycles. The van der Waals surface area contributed by atoms with E-state index in [1.165, 1.54) is 19.2 Å². The topological polar surface area (TPSA) is 112 Å². The Kier molecular flexibility index (Phi) is 11.3. The van der Waals surface area contributed by atoms with Gasteiger partial charge in [-0.2, -0.15) is 0 Å². The van der Waals surface area contributed by atoms with Gasteiger partial charge in [0.2, 0.25) is 5.91 Å². The van der Waals surface area contributed by atoms with Crippen molar-refractivity contribution in [1.82, 2.24) is 24.7 Å². The van der Waals surface area contributed by atoms with E-state index in [9.17, 15) is 18.8 Å². The van der Waals surface area contributed by atoms with Crippen molar-refractivity contribution in [3.63, 3.8) is 0 Å². The first-order valence-corrected chi connectivity index (χ1v) is 18.8. The zero-order valence-electron chi connectivity index (χ0n) is 32.8. The van der Waals surface area contributed by atoms with Gasteiger partial charge in [-0.15, -0.1) is 0 Å². The van der Waals surface area contributed by atoms with Gasteiger partial charge in [0.15, 0.2) is 0 Å². The van der Waals surface area contributed by atoms with Gasteiger partial charge in [0, 0.05) is 81.7 Å². The van der Waals surface area contributed by atoms with Crippen molar-refractivity contribution < 1.29 is 28.2 Å². The minimum absolute atomic E-state index is 0.00943. The number of methoxy groups -OCH3 is 1. The third-order valence-corrected chi connectivity index (χ3v) is 10.7. The number of ether oxygens (including phenoxy) is 2. The summed E-state index contributed by atoms with van der Waals surface area (Å²) >= 11 is 0. The third-order valence-electron chi connectivity index (χ3n) is 10.7. The second-order valence-electron chi connectivity index (χ2n) is 16.6. The molecule has 0 saturated carbocycles. The number of amides is 2. The van der Waals surface area contributed by atoms with Gasteiger partial charge in [-0.1, -0.05) is 26.0 Å². The SMILES string of the molecule is COC(=O)c1ccc(N2CCN(CC3CN(C(=O)OC(C)(C)C)C(C)CN3CC(=O)N3CC(C)(C)c4ncc(Cc5ccc(F)cc5)cc43)[C@H](C)C2)nc1. The van der Waals surface area contributed by atoms with E-state index in [1.807, 2.05) is 49.8 Å². The number of piperazine rings is 2. The Morgan fingerprint density at radius 2 is 1.65 bits per heavy atom. The van der Waals surface area contributed by atoms with Crippen molar-refractivity contribution in [1.29, 1.82) is 0 Å². The van der Waals surface area contributed by atoms with Crippen LogP contribution < -0.4 is 9.80 Å². The van der Waals surface area contributed by atoms with E-state index >= 15 is 0 Å². The fourth-order valence-corrected chi connectivity index (χ4v) is 7.80. The number of benzene rings is 1. The van der Waals surface area contributed by atoms with Gasteiger partial charge in [-0.25, -0.2) is 19.0 Å². The quantitative estimate of drug-likeness (QED) is 0.288. The average molecular weight is 744 g/mol. The summed E-state index contributed by atoms with van der Waals surface area (Å²) in [4.78, 5) is 59.7. The molecule has 0 N–H and O–H groups in total. The molecular formula is C41H54FN7O5. The van der Waals surface area contributed by atoms with Gasteiger partial charge in [0.1, 0.15) is 17.2 Å². The van der Waals surface area contributed by atoms with Crippen LogP contribution in [0.5, 0.6) is 0 Å². The Morgan fingerprint density at radius 1 is 0.907 bits per heavy atom. The van der Waals surface area contributed by atoms with E-state index in [0.717, 1.165) is 48.0 Å². The van der Waals surface area contributed by atoms with Crippen LogP contribution in [0.15, 0.2) is 54.9 Å². The minimum atomic E-state index is -0.632. The molecule has 0 radical (unpaired) electrons. The van der Waals surface area contributed by atoms with Gasteiger partial charge < -0.3 is 24.2 Å². The van der Waals surface area contributed by atoms with Crippen molar-refractivity contribution in [2.45, 2.75) is 84.0 Å². The van der Waals surface area contributed by atoms with Crippen molar-refractivity contribution in [3.05, 3.63) is 83.1 Å². The highest BCUT2D eigenvalue weighted by atomic mass is 19.1. The Bertz CT molecular complexity index is 1830. The summed E-state index contributed by atoms with van der Waals surface area (Å²) in [7, 11) is 1.35. The molecule has 0 spiro atoms. The predicted octanol–water partition coefficient (Wildman–Crippen LogP) is 5.14. The number of pyridine rings is 2. The summed E-state index contributed by atoms with van der Waals surface area (Å²) in [6.45, 7) is 18.6. The van der Waals surface area contributed by atoms with E-state index in [-0.39, 0.29) is 47.9 Å². The standard InChI is InChI=1S/C41H54FN7O5/c1-27-21-46(35-14-11-31(20-43-35)38(51)53-8)16-15-45(27)23-33-24-48(39(52)54-40(3,4)5)28(2)22-47(33)25-36(50)49-26-41(6,7)37-34(49)18-30(19-44-37)17-29-9-12-32(42)13-10-29/h9-14,18-20,27-28,33H,15-17,21-26H2,1-8H3/t27-,28?,33?/m1/s1. The Morgan fingerprint density at radius 3 is 2.30 bits per heavy atom. The first-order valence-electron chi connectivity index (χ1n) is 18.8. The highest BCUT2D eigenvalue weighted by Crippen LogP contribution is 2.40. The van der Waals surface area contributed by atoms with Crippen LogP contribution in [0.1, 0.15) is 75.6 Å². The lowest BCUT2D eigenvalue weighted by Crippen LogP contribution is -2.65. The van der Waals surface area contributed by atoms with Crippen LogP contribution in [0.4, 0.5) is 20.7 Å². The molecule has 0 bridgehead atoms. The minimum Gasteiger partial charge on any atom is -0.465 e. The summed E-state index contributed by atoms with van der Waals surface area (Å²) in [5.74, 6) is 0.0955. The van der Waals surface area contributed by atoms with Gasteiger partial charge in [0.05, 0.1) is 30.6 Å². The molecule has 0 aliphatic carbocycles. The fraction of sp³-hybridized carbons (Fsp3) is 0.537. The molecule has 2 saturated heterocycles. The number of hydrogen-bond acceptors (Lipinski definition) is 10. The second kappa shape index (κ2) is 15.6. The number of aromatic nitrogens is 2. The van der Waals surface area contributed by atoms with Crippen LogP contribution in [-0.2, 0) is 26.1 Å². The molecule has 13 heteroatoms. The molecule has 2 unspecified atom stereocenters. The lowest BCUT2D eigenvalue weighted by Gasteiger charge is -2.48. The van der Waals surface area contributed by atoms with E-state index in [0.29, 0.717) is 38.2 Å². The molecule has 6 rings (SSSR count). The van der Waals surface area contributed by atoms with Crippen LogP contribution in [0.2, 0.25) is 0 Å². The van der Waals surface area contributed by atoms with Crippen molar-refractivity contribution in [3.8, 4) is 0 Å². The number of anilines is 2. The van der Waals surface area contributed by atoms with Gasteiger partial charge in [-0.3, -0.25) is 19.6 Å². The molecule has 54 heavy (non-hydrogen) atoms. The van der Waals surface area contributed by atoms with Gasteiger partial charge >= 0.3 is 12.1 Å². The van der Waals surface area contributed by atoms with Crippen molar-refractivity contribution in [2.75, 3.05) is 69.3 Å². The van der Waals surface area contributed by atoms with Crippen molar-refractivity contribution in [2.24, 2.45) is 0 Å². The highest BCUT2D eigenvalue weighted by molar-refractivity contribution is 5.97. The predicted molar refractivity (Wildman–Crippen MR) is 205 cm³/mol. The Labute approximate surface area is 318 Å². The smallest absolute Gasteiger partial charge is 0.410 e. The number of halogens is 1. The number of esters is 1. The molecule has 3 aliphatic rings. The molecule has 3 aromatic rings. The molecule has 2 aromatic heterocycles.